The maximum Gasteiger partial charge on any atom is 0.126 e. The molecule has 0 amide bonds. The molecule has 0 spiro atoms. The first kappa shape index (κ1) is 16.1. The molecule has 1 aliphatic rings. The van der Waals surface area contributed by atoms with Gasteiger partial charge in [-0.2, -0.15) is 0 Å². The summed E-state index contributed by atoms with van der Waals surface area (Å²) in [6.07, 6.45) is 0.690. The first-order chi connectivity index (χ1) is 10.6. The van der Waals surface area contributed by atoms with Crippen LogP contribution in [0.1, 0.15) is 37.8 Å². The molecule has 0 heterocycles. The predicted molar refractivity (Wildman–Crippen MR) is 79.3 cm³/mol. The van der Waals surface area contributed by atoms with E-state index in [4.69, 9.17) is 14.2 Å². The molecule has 0 saturated carbocycles. The Hall–Kier alpha value is -2.30. The highest BCUT2D eigenvalue weighted by Gasteiger charge is 2.17. The first-order valence-electron chi connectivity index (χ1n) is 7.37. The molecule has 0 saturated heterocycles. The van der Waals surface area contributed by atoms with Crippen LogP contribution in [0.15, 0.2) is 29.7 Å². The molecular formula is C17H20O5-2. The zero-order valence-electron chi connectivity index (χ0n) is 13.1. The van der Waals surface area contributed by atoms with Gasteiger partial charge in [0.15, 0.2) is 0 Å². The van der Waals surface area contributed by atoms with Crippen molar-refractivity contribution in [2.24, 2.45) is 0 Å². The fourth-order valence-corrected chi connectivity index (χ4v) is 2.49. The van der Waals surface area contributed by atoms with Gasteiger partial charge in [-0.15, -0.1) is 0 Å². The third kappa shape index (κ3) is 2.98. The van der Waals surface area contributed by atoms with Gasteiger partial charge >= 0.3 is 0 Å². The maximum absolute atomic E-state index is 12.7. The quantitative estimate of drug-likeness (QED) is 0.826. The van der Waals surface area contributed by atoms with E-state index in [1.165, 1.54) is 7.11 Å². The van der Waals surface area contributed by atoms with Crippen molar-refractivity contribution in [3.8, 4) is 5.75 Å². The average Bonchev–Trinajstić information content (AvgIpc) is 2.54. The van der Waals surface area contributed by atoms with E-state index in [0.29, 0.717) is 48.9 Å². The van der Waals surface area contributed by atoms with Gasteiger partial charge in [-0.1, -0.05) is 23.7 Å². The van der Waals surface area contributed by atoms with Crippen LogP contribution in [0.25, 0.3) is 11.5 Å². The molecule has 1 aliphatic carbocycles. The Morgan fingerprint density at radius 3 is 2.09 bits per heavy atom. The van der Waals surface area contributed by atoms with Crippen LogP contribution in [-0.2, 0) is 9.47 Å². The lowest BCUT2D eigenvalue weighted by Gasteiger charge is -2.30. The summed E-state index contributed by atoms with van der Waals surface area (Å²) in [4.78, 5) is 0. The van der Waals surface area contributed by atoms with Gasteiger partial charge < -0.3 is 24.4 Å². The molecule has 0 aliphatic heterocycles. The van der Waals surface area contributed by atoms with Gasteiger partial charge in [0.05, 0.1) is 31.8 Å². The van der Waals surface area contributed by atoms with E-state index in [9.17, 15) is 10.2 Å². The molecule has 1 aromatic carbocycles. The monoisotopic (exact) mass is 304 g/mol. The highest BCUT2D eigenvalue weighted by atomic mass is 16.5. The molecule has 22 heavy (non-hydrogen) atoms. The predicted octanol–water partition coefficient (Wildman–Crippen LogP) is 1.62. The molecule has 0 bridgehead atoms. The molecule has 0 fully saturated rings. The highest BCUT2D eigenvalue weighted by Crippen LogP contribution is 2.36. The van der Waals surface area contributed by atoms with Gasteiger partial charge in [-0.25, -0.2) is 0 Å². The van der Waals surface area contributed by atoms with Crippen molar-refractivity contribution >= 4 is 11.5 Å². The van der Waals surface area contributed by atoms with E-state index in [-0.39, 0.29) is 17.1 Å². The fourth-order valence-electron chi connectivity index (χ4n) is 2.49. The molecule has 5 heteroatoms. The average molecular weight is 304 g/mol. The second-order valence-electron chi connectivity index (χ2n) is 4.75. The van der Waals surface area contributed by atoms with Crippen molar-refractivity contribution in [3.05, 3.63) is 40.8 Å². The third-order valence-corrected chi connectivity index (χ3v) is 3.44. The minimum Gasteiger partial charge on any atom is -0.870 e. The molecule has 1 aromatic rings. The smallest absolute Gasteiger partial charge is 0.126 e. The van der Waals surface area contributed by atoms with E-state index in [0.717, 1.165) is 0 Å². The van der Waals surface area contributed by atoms with E-state index >= 15 is 0 Å². The van der Waals surface area contributed by atoms with Crippen LogP contribution < -0.4 is 14.9 Å². The second-order valence-corrected chi connectivity index (χ2v) is 4.75. The summed E-state index contributed by atoms with van der Waals surface area (Å²) < 4.78 is 16.2. The van der Waals surface area contributed by atoms with E-state index in [1.54, 1.807) is 18.2 Å². The van der Waals surface area contributed by atoms with Crippen LogP contribution in [0, 0.1) is 0 Å². The lowest BCUT2D eigenvalue weighted by atomic mass is 9.97. The number of allylic oxidation sites excluding steroid dienone is 2. The summed E-state index contributed by atoms with van der Waals surface area (Å²) in [6.45, 7) is 4.44. The van der Waals surface area contributed by atoms with Crippen LogP contribution in [0.4, 0.5) is 0 Å². The second kappa shape index (κ2) is 7.11. The molecule has 2 rings (SSSR count). The number of hydrogen-bond donors (Lipinski definition) is 0. The minimum absolute atomic E-state index is 0.246. The number of ether oxygens (including phenoxy) is 3. The Morgan fingerprint density at radius 2 is 1.55 bits per heavy atom. The van der Waals surface area contributed by atoms with Crippen LogP contribution in [-0.4, -0.2) is 20.3 Å². The number of rotatable bonds is 5. The molecule has 0 atom stereocenters. The van der Waals surface area contributed by atoms with Gasteiger partial charge in [-0.05, 0) is 25.5 Å². The van der Waals surface area contributed by atoms with Gasteiger partial charge in [0.2, 0.25) is 0 Å². The summed E-state index contributed by atoms with van der Waals surface area (Å²) in [5, 5.41) is 25.4. The summed E-state index contributed by atoms with van der Waals surface area (Å²) in [5.41, 5.74) is 0.542. The molecular weight excluding hydrogens is 284 g/mol. The molecule has 0 radical (unpaired) electrons. The van der Waals surface area contributed by atoms with E-state index in [2.05, 4.69) is 0 Å². The van der Waals surface area contributed by atoms with E-state index < -0.39 is 0 Å². The van der Waals surface area contributed by atoms with Crippen LogP contribution in [0.5, 0.6) is 5.75 Å². The molecule has 120 valence electrons. The Kier molecular flexibility index (Phi) is 5.20. The summed E-state index contributed by atoms with van der Waals surface area (Å²) in [7, 11) is 1.47. The van der Waals surface area contributed by atoms with Crippen molar-refractivity contribution in [2.75, 3.05) is 20.3 Å². The minimum atomic E-state index is -0.293. The van der Waals surface area contributed by atoms with Crippen molar-refractivity contribution in [3.63, 3.8) is 0 Å². The normalized spacial score (nSPS) is 21.6. The molecule has 5 nitrogen and oxygen atoms in total. The molecule has 0 aromatic heterocycles. The fraction of sp³-hybridized carbons (Fsp3) is 0.412. The first-order valence-corrected chi connectivity index (χ1v) is 7.37. The Balaban J connectivity index is 2.69. The van der Waals surface area contributed by atoms with Gasteiger partial charge in [-0.3, -0.25) is 0 Å². The summed E-state index contributed by atoms with van der Waals surface area (Å²) in [6, 6.07) is 4.97. The summed E-state index contributed by atoms with van der Waals surface area (Å²) >= 11 is 0. The molecule has 0 unspecified atom stereocenters. The maximum atomic E-state index is 12.7. The zero-order valence-corrected chi connectivity index (χ0v) is 13.1. The standard InChI is InChI=1S/C17H22O5/c1-4-21-13-9-10-14(22-5-2)17(19)15-11(16(13)18)7-6-8-12(15)20-3/h6-8,18-19H,4-5,9-10H2,1-3H3/p-2/b16-13-,17-14-. The van der Waals surface area contributed by atoms with Gasteiger partial charge in [0, 0.05) is 18.4 Å². The Bertz CT molecular complexity index is 601. The Labute approximate surface area is 130 Å². The third-order valence-electron chi connectivity index (χ3n) is 3.44. The Morgan fingerprint density at radius 1 is 0.955 bits per heavy atom. The van der Waals surface area contributed by atoms with Crippen LogP contribution >= 0.6 is 0 Å². The zero-order chi connectivity index (χ0) is 16.1. The number of fused-ring (bicyclic) bond motifs is 1. The van der Waals surface area contributed by atoms with Gasteiger partial charge in [0.25, 0.3) is 0 Å². The van der Waals surface area contributed by atoms with Crippen molar-refractivity contribution < 1.29 is 24.4 Å². The number of methoxy groups -OCH3 is 1. The van der Waals surface area contributed by atoms with E-state index in [1.807, 2.05) is 13.8 Å². The van der Waals surface area contributed by atoms with Crippen LogP contribution in [0.3, 0.4) is 0 Å². The van der Waals surface area contributed by atoms with Crippen molar-refractivity contribution in [1.29, 1.82) is 0 Å². The number of benzene rings is 1. The summed E-state index contributed by atoms with van der Waals surface area (Å²) in [5.74, 6) is 0.489. The largest absolute Gasteiger partial charge is 0.870 e. The van der Waals surface area contributed by atoms with Gasteiger partial charge in [0.1, 0.15) is 5.75 Å². The van der Waals surface area contributed by atoms with Crippen LogP contribution in [0.2, 0.25) is 0 Å². The lowest BCUT2D eigenvalue weighted by Crippen LogP contribution is -2.19. The highest BCUT2D eigenvalue weighted by molar-refractivity contribution is 5.78. The SMILES string of the molecule is CCO/C1=C(\[O-])c2cccc(OC)c2/C([O-])=C(/OCC)CC1. The lowest BCUT2D eigenvalue weighted by molar-refractivity contribution is -0.253. The van der Waals surface area contributed by atoms with Crippen molar-refractivity contribution in [2.45, 2.75) is 26.7 Å². The van der Waals surface area contributed by atoms with Crippen molar-refractivity contribution in [1.82, 2.24) is 0 Å². The molecule has 0 N–H and O–H groups in total. The number of hydrogen-bond acceptors (Lipinski definition) is 5. The topological polar surface area (TPSA) is 73.8 Å².